The zero-order valence-electron chi connectivity index (χ0n) is 16.8. The topological polar surface area (TPSA) is 46.5 Å². The molecular weight excluding hydrogens is 324 g/mol. The van der Waals surface area contributed by atoms with Crippen molar-refractivity contribution in [3.05, 3.63) is 12.2 Å². The highest BCUT2D eigenvalue weighted by Crippen LogP contribution is 2.53. The molecule has 0 aromatic heterocycles. The van der Waals surface area contributed by atoms with E-state index in [1.165, 1.54) is 64.2 Å². The lowest BCUT2D eigenvalue weighted by atomic mass is 9.78. The summed E-state index contributed by atoms with van der Waals surface area (Å²) in [5.74, 6) is 2.68. The molecule has 26 heavy (non-hydrogen) atoms. The van der Waals surface area contributed by atoms with Crippen LogP contribution in [0.1, 0.15) is 90.4 Å². The first kappa shape index (κ1) is 21.5. The van der Waals surface area contributed by atoms with E-state index < -0.39 is 5.97 Å². The molecule has 2 bridgehead atoms. The molecule has 2 fully saturated rings. The van der Waals surface area contributed by atoms with Gasteiger partial charge in [0.1, 0.15) is 0 Å². The molecule has 0 amide bonds. The molecule has 2 saturated carbocycles. The predicted molar refractivity (Wildman–Crippen MR) is 107 cm³/mol. The molecule has 0 unspecified atom stereocenters. The number of carboxylic acids is 1. The van der Waals surface area contributed by atoms with E-state index in [1.807, 2.05) is 0 Å². The first-order valence-electron chi connectivity index (χ1n) is 11.2. The van der Waals surface area contributed by atoms with Crippen LogP contribution in [-0.4, -0.2) is 24.3 Å². The van der Waals surface area contributed by atoms with E-state index in [0.717, 1.165) is 49.7 Å². The third-order valence-corrected chi connectivity index (χ3v) is 6.56. The lowest BCUT2D eigenvalue weighted by Gasteiger charge is -2.30. The highest BCUT2D eigenvalue weighted by molar-refractivity contribution is 5.66. The summed E-state index contributed by atoms with van der Waals surface area (Å²) >= 11 is 0. The van der Waals surface area contributed by atoms with Gasteiger partial charge in [0.2, 0.25) is 0 Å². The fraction of sp³-hybridized carbons (Fsp3) is 0.870. The third kappa shape index (κ3) is 7.42. The van der Waals surface area contributed by atoms with Crippen molar-refractivity contribution in [3.8, 4) is 0 Å². The first-order valence-corrected chi connectivity index (χ1v) is 11.2. The van der Waals surface area contributed by atoms with Crippen molar-refractivity contribution >= 4 is 5.97 Å². The highest BCUT2D eigenvalue weighted by Gasteiger charge is 2.46. The van der Waals surface area contributed by atoms with E-state index in [4.69, 9.17) is 9.84 Å². The smallest absolute Gasteiger partial charge is 0.303 e. The SMILES string of the molecule is CCCCCCCCOC[C@@H]1[C@@H]2CC[C@@H](C2)[C@@H]1CC=CCCCC(=O)O. The van der Waals surface area contributed by atoms with Crippen molar-refractivity contribution in [1.82, 2.24) is 0 Å². The van der Waals surface area contributed by atoms with E-state index in [2.05, 4.69) is 19.1 Å². The molecule has 2 aliphatic carbocycles. The van der Waals surface area contributed by atoms with Crippen LogP contribution in [0.15, 0.2) is 12.2 Å². The summed E-state index contributed by atoms with van der Waals surface area (Å²) in [6.45, 7) is 4.17. The van der Waals surface area contributed by atoms with Gasteiger partial charge >= 0.3 is 5.97 Å². The van der Waals surface area contributed by atoms with Gasteiger partial charge in [-0.05, 0) is 68.6 Å². The fourth-order valence-corrected chi connectivity index (χ4v) is 5.10. The summed E-state index contributed by atoms with van der Waals surface area (Å²) in [5.41, 5.74) is 0. The Hall–Kier alpha value is -0.830. The molecule has 1 N–H and O–H groups in total. The van der Waals surface area contributed by atoms with Gasteiger partial charge in [0.05, 0.1) is 0 Å². The summed E-state index contributed by atoms with van der Waals surface area (Å²) in [5, 5.41) is 8.69. The minimum Gasteiger partial charge on any atom is -0.481 e. The number of allylic oxidation sites excluding steroid dienone is 2. The van der Waals surface area contributed by atoms with Crippen LogP contribution in [0.4, 0.5) is 0 Å². The van der Waals surface area contributed by atoms with Crippen LogP contribution in [0.25, 0.3) is 0 Å². The second-order valence-corrected chi connectivity index (χ2v) is 8.50. The largest absolute Gasteiger partial charge is 0.481 e. The first-order chi connectivity index (χ1) is 12.7. The van der Waals surface area contributed by atoms with Crippen molar-refractivity contribution in [2.45, 2.75) is 90.4 Å². The molecular formula is C23H40O3. The Labute approximate surface area is 160 Å². The van der Waals surface area contributed by atoms with Crippen LogP contribution in [0.3, 0.4) is 0 Å². The maximum atomic E-state index is 10.5. The quantitative estimate of drug-likeness (QED) is 0.277. The van der Waals surface area contributed by atoms with Gasteiger partial charge in [0.25, 0.3) is 0 Å². The number of aliphatic carboxylic acids is 1. The van der Waals surface area contributed by atoms with Gasteiger partial charge in [-0.2, -0.15) is 0 Å². The third-order valence-electron chi connectivity index (χ3n) is 6.56. The average Bonchev–Trinajstić information content (AvgIpc) is 3.22. The standard InChI is InChI=1S/C23H40O3/c1-2-3-4-5-8-11-16-26-18-22-20-15-14-19(17-20)21(22)12-9-6-7-10-13-23(24)25/h6,9,19-22H,2-5,7-8,10-18H2,1H3,(H,24,25)/t19-,20+,21-,22+/m0/s1. The normalized spacial score (nSPS) is 27.6. The van der Waals surface area contributed by atoms with E-state index in [0.29, 0.717) is 0 Å². The van der Waals surface area contributed by atoms with Crippen molar-refractivity contribution in [1.29, 1.82) is 0 Å². The summed E-state index contributed by atoms with van der Waals surface area (Å²) in [6, 6.07) is 0. The molecule has 150 valence electrons. The Morgan fingerprint density at radius 2 is 1.73 bits per heavy atom. The van der Waals surface area contributed by atoms with Crippen LogP contribution in [0, 0.1) is 23.7 Å². The van der Waals surface area contributed by atoms with Crippen molar-refractivity contribution < 1.29 is 14.6 Å². The maximum Gasteiger partial charge on any atom is 0.303 e. The Morgan fingerprint density at radius 3 is 2.50 bits per heavy atom. The minimum absolute atomic E-state index is 0.285. The van der Waals surface area contributed by atoms with Gasteiger partial charge in [-0.15, -0.1) is 0 Å². The molecule has 0 radical (unpaired) electrons. The zero-order valence-corrected chi connectivity index (χ0v) is 16.8. The highest BCUT2D eigenvalue weighted by atomic mass is 16.5. The molecule has 3 nitrogen and oxygen atoms in total. The molecule has 0 saturated heterocycles. The molecule has 2 aliphatic rings. The average molecular weight is 365 g/mol. The second kappa shape index (κ2) is 12.5. The molecule has 0 spiro atoms. The summed E-state index contributed by atoms with van der Waals surface area (Å²) in [6.07, 6.45) is 19.8. The number of carbonyl (C=O) groups is 1. The molecule has 3 heteroatoms. The number of unbranched alkanes of at least 4 members (excludes halogenated alkanes) is 6. The number of rotatable bonds is 15. The molecule has 4 atom stereocenters. The van der Waals surface area contributed by atoms with Crippen molar-refractivity contribution in [3.63, 3.8) is 0 Å². The Morgan fingerprint density at radius 1 is 1.00 bits per heavy atom. The number of hydrogen-bond acceptors (Lipinski definition) is 2. The lowest BCUT2D eigenvalue weighted by molar-refractivity contribution is -0.137. The molecule has 0 aromatic rings. The van der Waals surface area contributed by atoms with Gasteiger partial charge in [0.15, 0.2) is 0 Å². The van der Waals surface area contributed by atoms with Crippen LogP contribution in [0.5, 0.6) is 0 Å². The number of fused-ring (bicyclic) bond motifs is 2. The summed E-state index contributed by atoms with van der Waals surface area (Å²) < 4.78 is 6.09. The number of carboxylic acid groups (broad SMARTS) is 1. The number of ether oxygens (including phenoxy) is 1. The van der Waals surface area contributed by atoms with Gasteiger partial charge in [-0.25, -0.2) is 0 Å². The Kier molecular flexibility index (Phi) is 10.4. The Balaban J connectivity index is 1.60. The Bertz CT molecular complexity index is 418. The lowest BCUT2D eigenvalue weighted by Crippen LogP contribution is -2.26. The van der Waals surface area contributed by atoms with Crippen LogP contribution >= 0.6 is 0 Å². The van der Waals surface area contributed by atoms with Crippen molar-refractivity contribution in [2.75, 3.05) is 13.2 Å². The summed E-state index contributed by atoms with van der Waals surface area (Å²) in [7, 11) is 0. The monoisotopic (exact) mass is 364 g/mol. The number of hydrogen-bond donors (Lipinski definition) is 1. The molecule has 2 rings (SSSR count). The van der Waals surface area contributed by atoms with Crippen LogP contribution < -0.4 is 0 Å². The molecule has 0 aliphatic heterocycles. The maximum absolute atomic E-state index is 10.5. The van der Waals surface area contributed by atoms with Crippen LogP contribution in [-0.2, 0) is 9.53 Å². The van der Waals surface area contributed by atoms with Gasteiger partial charge in [-0.1, -0.05) is 51.2 Å². The van der Waals surface area contributed by atoms with E-state index in [1.54, 1.807) is 0 Å². The summed E-state index contributed by atoms with van der Waals surface area (Å²) in [4.78, 5) is 10.5. The van der Waals surface area contributed by atoms with E-state index >= 15 is 0 Å². The molecule has 0 heterocycles. The van der Waals surface area contributed by atoms with Crippen LogP contribution in [0.2, 0.25) is 0 Å². The fourth-order valence-electron chi connectivity index (χ4n) is 5.10. The van der Waals surface area contributed by atoms with Gasteiger partial charge in [0, 0.05) is 19.6 Å². The molecule has 0 aromatic carbocycles. The second-order valence-electron chi connectivity index (χ2n) is 8.50. The van der Waals surface area contributed by atoms with Gasteiger partial charge < -0.3 is 9.84 Å². The zero-order chi connectivity index (χ0) is 18.6. The van der Waals surface area contributed by atoms with Crippen molar-refractivity contribution in [2.24, 2.45) is 23.7 Å². The minimum atomic E-state index is -0.686. The van der Waals surface area contributed by atoms with E-state index in [-0.39, 0.29) is 6.42 Å². The predicted octanol–water partition coefficient (Wildman–Crippen LogP) is 6.23. The van der Waals surface area contributed by atoms with E-state index in [9.17, 15) is 4.79 Å². The van der Waals surface area contributed by atoms with Gasteiger partial charge in [-0.3, -0.25) is 4.79 Å².